The molecular formula is C16H25F3N4O9. The first-order chi connectivity index (χ1) is 14.6. The number of aliphatic hydroxyl groups is 2. The van der Waals surface area contributed by atoms with Crippen molar-refractivity contribution in [3.05, 3.63) is 11.8 Å². The zero-order valence-electron chi connectivity index (χ0n) is 16.9. The molecule has 1 aliphatic heterocycles. The van der Waals surface area contributed by atoms with Gasteiger partial charge in [0.25, 0.3) is 0 Å². The maximum absolute atomic E-state index is 11.6. The average Bonchev–Trinajstić information content (AvgIpc) is 2.65. The van der Waals surface area contributed by atoms with Crippen LogP contribution in [0.1, 0.15) is 13.8 Å². The topological polar surface area (TPSA) is 227 Å². The van der Waals surface area contributed by atoms with Crippen molar-refractivity contribution in [1.82, 2.24) is 5.32 Å². The summed E-state index contributed by atoms with van der Waals surface area (Å²) in [5, 5.41) is 38.2. The van der Waals surface area contributed by atoms with Crippen LogP contribution in [-0.2, 0) is 23.9 Å². The highest BCUT2D eigenvalue weighted by molar-refractivity contribution is 5.85. The Morgan fingerprint density at radius 3 is 2.19 bits per heavy atom. The molecule has 0 radical (unpaired) electrons. The number of halogens is 3. The number of guanidine groups is 1. The molecule has 16 heteroatoms. The summed E-state index contributed by atoms with van der Waals surface area (Å²) in [5.74, 6) is -5.37. The zero-order valence-corrected chi connectivity index (χ0v) is 16.9. The van der Waals surface area contributed by atoms with Gasteiger partial charge in [-0.2, -0.15) is 13.2 Å². The number of rotatable bonds is 8. The number of nitrogens with one attached hydrogen (secondary N) is 1. The number of amides is 1. The van der Waals surface area contributed by atoms with Crippen molar-refractivity contribution in [3.63, 3.8) is 0 Å². The number of aliphatic carboxylic acids is 2. The summed E-state index contributed by atoms with van der Waals surface area (Å²) in [5.41, 5.74) is 10.8. The second-order valence-electron chi connectivity index (χ2n) is 6.16. The predicted molar refractivity (Wildman–Crippen MR) is 100.0 cm³/mol. The SMILES string of the molecule is CCO[C@@H]([C@@H]1OC(C(=O)O)=C[C@H](N=C(N)N)[C@H]1NC(C)=O)[C@H](O)CO.O=C(O)C(F)(F)F. The van der Waals surface area contributed by atoms with Crippen molar-refractivity contribution in [3.8, 4) is 0 Å². The third-order valence-corrected chi connectivity index (χ3v) is 3.68. The van der Waals surface area contributed by atoms with E-state index in [0.29, 0.717) is 0 Å². The highest BCUT2D eigenvalue weighted by Crippen LogP contribution is 2.26. The predicted octanol–water partition coefficient (Wildman–Crippen LogP) is -2.11. The highest BCUT2D eigenvalue weighted by atomic mass is 19.4. The molecule has 1 aliphatic rings. The first kappa shape index (κ1) is 28.9. The van der Waals surface area contributed by atoms with E-state index in [1.807, 2.05) is 0 Å². The summed E-state index contributed by atoms with van der Waals surface area (Å²) in [7, 11) is 0. The molecule has 0 aromatic carbocycles. The molecule has 184 valence electrons. The standard InChI is InChI=1S/C14H24N4O7.C2HF3O2/c1-3-24-11(8(21)5-19)12-10(17-6(2)20)7(18-14(15)16)4-9(25-12)13(22)23;3-2(4,5)1(6)7/h4,7-8,10-12,19,21H,3,5H2,1-2H3,(H,17,20)(H,22,23)(H4,15,16,18);(H,6,7)/t7-,8+,10+,11+,12+;/m0./s1. The minimum absolute atomic E-state index is 0.146. The quantitative estimate of drug-likeness (QED) is 0.149. The Morgan fingerprint density at radius 2 is 1.84 bits per heavy atom. The molecule has 13 nitrogen and oxygen atoms in total. The van der Waals surface area contributed by atoms with E-state index < -0.39 is 66.8 Å². The van der Waals surface area contributed by atoms with Gasteiger partial charge in [0.05, 0.1) is 18.7 Å². The molecule has 1 amide bonds. The van der Waals surface area contributed by atoms with Crippen molar-refractivity contribution in [2.75, 3.05) is 13.2 Å². The number of carbonyl (C=O) groups is 3. The first-order valence-electron chi connectivity index (χ1n) is 8.83. The van der Waals surface area contributed by atoms with Gasteiger partial charge in [0.1, 0.15) is 12.2 Å². The lowest BCUT2D eigenvalue weighted by Gasteiger charge is -2.40. The Hall–Kier alpha value is -3.11. The van der Waals surface area contributed by atoms with Gasteiger partial charge >= 0.3 is 18.1 Å². The largest absolute Gasteiger partial charge is 0.490 e. The summed E-state index contributed by atoms with van der Waals surface area (Å²) in [6.45, 7) is 2.39. The molecule has 5 atom stereocenters. The third kappa shape index (κ3) is 9.36. The van der Waals surface area contributed by atoms with Crippen LogP contribution in [0.4, 0.5) is 13.2 Å². The Labute approximate surface area is 179 Å². The number of ether oxygens (including phenoxy) is 2. The molecule has 0 unspecified atom stereocenters. The fourth-order valence-corrected chi connectivity index (χ4v) is 2.52. The maximum atomic E-state index is 11.6. The molecule has 0 spiro atoms. The molecule has 0 aromatic rings. The summed E-state index contributed by atoms with van der Waals surface area (Å²) in [6, 6.07) is -1.90. The van der Waals surface area contributed by atoms with Crippen LogP contribution in [0.2, 0.25) is 0 Å². The van der Waals surface area contributed by atoms with Gasteiger partial charge in [0, 0.05) is 13.5 Å². The number of carboxylic acid groups (broad SMARTS) is 2. The minimum atomic E-state index is -5.08. The van der Waals surface area contributed by atoms with E-state index in [1.165, 1.54) is 6.92 Å². The van der Waals surface area contributed by atoms with Crippen LogP contribution < -0.4 is 16.8 Å². The van der Waals surface area contributed by atoms with E-state index in [9.17, 15) is 38.1 Å². The van der Waals surface area contributed by atoms with E-state index in [0.717, 1.165) is 6.08 Å². The van der Waals surface area contributed by atoms with Gasteiger partial charge in [-0.15, -0.1) is 0 Å². The lowest BCUT2D eigenvalue weighted by Crippen LogP contribution is -2.60. The van der Waals surface area contributed by atoms with Gasteiger partial charge in [-0.05, 0) is 13.0 Å². The molecule has 0 bridgehead atoms. The first-order valence-corrected chi connectivity index (χ1v) is 8.83. The fourth-order valence-electron chi connectivity index (χ4n) is 2.52. The summed E-state index contributed by atoms with van der Waals surface area (Å²) in [4.78, 5) is 35.7. The van der Waals surface area contributed by atoms with Crippen molar-refractivity contribution in [2.24, 2.45) is 16.5 Å². The number of nitrogens with zero attached hydrogens (tertiary/aromatic N) is 1. The number of aliphatic hydroxyl groups excluding tert-OH is 2. The third-order valence-electron chi connectivity index (χ3n) is 3.68. The average molecular weight is 474 g/mol. The molecule has 0 aromatic heterocycles. The molecule has 32 heavy (non-hydrogen) atoms. The Morgan fingerprint density at radius 1 is 1.31 bits per heavy atom. The van der Waals surface area contributed by atoms with Crippen molar-refractivity contribution < 1.29 is 57.5 Å². The van der Waals surface area contributed by atoms with Gasteiger partial charge < -0.3 is 46.7 Å². The lowest BCUT2D eigenvalue weighted by atomic mass is 9.92. The Balaban J connectivity index is 0.00000118. The molecule has 0 aliphatic carbocycles. The van der Waals surface area contributed by atoms with E-state index in [4.69, 9.17) is 30.8 Å². The van der Waals surface area contributed by atoms with Crippen molar-refractivity contribution in [2.45, 2.75) is 50.4 Å². The second kappa shape index (κ2) is 12.7. The number of nitrogens with two attached hydrogens (primary N) is 2. The molecule has 0 fully saturated rings. The number of aliphatic imine (C=N–C) groups is 1. The number of carboxylic acids is 2. The number of alkyl halides is 3. The minimum Gasteiger partial charge on any atom is -0.478 e. The van der Waals surface area contributed by atoms with Gasteiger partial charge in [-0.3, -0.25) is 4.79 Å². The Kier molecular flexibility index (Phi) is 11.4. The lowest BCUT2D eigenvalue weighted by molar-refractivity contribution is -0.192. The molecule has 1 rings (SSSR count). The van der Waals surface area contributed by atoms with Crippen LogP contribution in [0.15, 0.2) is 16.8 Å². The normalized spacial score (nSPS) is 22.1. The fraction of sp³-hybridized carbons (Fsp3) is 0.625. The van der Waals surface area contributed by atoms with Gasteiger partial charge in [-0.25, -0.2) is 14.6 Å². The molecule has 0 saturated carbocycles. The van der Waals surface area contributed by atoms with E-state index in [1.54, 1.807) is 6.92 Å². The second-order valence-corrected chi connectivity index (χ2v) is 6.16. The number of carbonyl (C=O) groups excluding carboxylic acids is 1. The van der Waals surface area contributed by atoms with Crippen LogP contribution in [0.25, 0.3) is 0 Å². The monoisotopic (exact) mass is 474 g/mol. The molecule has 1 heterocycles. The number of hydrogen-bond acceptors (Lipinski definition) is 8. The Bertz CT molecular complexity index is 726. The summed E-state index contributed by atoms with van der Waals surface area (Å²) in [6.07, 6.45) is -7.61. The maximum Gasteiger partial charge on any atom is 0.490 e. The van der Waals surface area contributed by atoms with Crippen LogP contribution in [0.3, 0.4) is 0 Å². The zero-order chi connectivity index (χ0) is 25.2. The smallest absolute Gasteiger partial charge is 0.478 e. The van der Waals surface area contributed by atoms with E-state index in [2.05, 4.69) is 10.3 Å². The van der Waals surface area contributed by atoms with Crippen molar-refractivity contribution >= 4 is 23.8 Å². The summed E-state index contributed by atoms with van der Waals surface area (Å²) >= 11 is 0. The van der Waals surface area contributed by atoms with Crippen LogP contribution >= 0.6 is 0 Å². The van der Waals surface area contributed by atoms with Gasteiger partial charge in [0.2, 0.25) is 11.7 Å². The molecule has 9 N–H and O–H groups in total. The van der Waals surface area contributed by atoms with Gasteiger partial charge in [-0.1, -0.05) is 0 Å². The van der Waals surface area contributed by atoms with E-state index in [-0.39, 0.29) is 12.6 Å². The van der Waals surface area contributed by atoms with Crippen LogP contribution in [-0.4, -0.2) is 94.0 Å². The molecular weight excluding hydrogens is 449 g/mol. The number of hydrogen-bond donors (Lipinski definition) is 7. The van der Waals surface area contributed by atoms with Crippen LogP contribution in [0.5, 0.6) is 0 Å². The van der Waals surface area contributed by atoms with E-state index >= 15 is 0 Å². The van der Waals surface area contributed by atoms with Crippen molar-refractivity contribution in [1.29, 1.82) is 0 Å². The highest BCUT2D eigenvalue weighted by Gasteiger charge is 2.45. The molecule has 0 saturated heterocycles. The van der Waals surface area contributed by atoms with Crippen LogP contribution in [0, 0.1) is 0 Å². The summed E-state index contributed by atoms with van der Waals surface area (Å²) < 4.78 is 42.6. The van der Waals surface area contributed by atoms with Gasteiger partial charge in [0.15, 0.2) is 12.1 Å².